The van der Waals surface area contributed by atoms with E-state index in [1.807, 2.05) is 0 Å². The number of sulfone groups is 1. The van der Waals surface area contributed by atoms with Crippen molar-refractivity contribution in [2.75, 3.05) is 12.8 Å². The van der Waals surface area contributed by atoms with Gasteiger partial charge in [-0.25, -0.2) is 21.6 Å². The van der Waals surface area contributed by atoms with Crippen LogP contribution in [0.4, 0.5) is 0 Å². The highest BCUT2D eigenvalue weighted by Crippen LogP contribution is 2.31. The zero-order valence-corrected chi connectivity index (χ0v) is 13.7. The maximum absolute atomic E-state index is 12.7. The van der Waals surface area contributed by atoms with Gasteiger partial charge >= 0.3 is 0 Å². The Morgan fingerprint density at radius 3 is 2.24 bits per heavy atom. The minimum Gasteiger partial charge on any atom is -0.222 e. The average molecular weight is 345 g/mol. The van der Waals surface area contributed by atoms with E-state index in [1.54, 1.807) is 41.8 Å². The summed E-state index contributed by atoms with van der Waals surface area (Å²) >= 11 is 1.12. The predicted octanol–water partition coefficient (Wildman–Crippen LogP) is 1.81. The van der Waals surface area contributed by atoms with E-state index < -0.39 is 25.1 Å². The molecule has 1 aromatic heterocycles. The summed E-state index contributed by atoms with van der Waals surface area (Å²) in [6.45, 7) is -0.191. The van der Waals surface area contributed by atoms with E-state index in [0.29, 0.717) is 5.56 Å². The van der Waals surface area contributed by atoms with Crippen molar-refractivity contribution in [3.05, 3.63) is 53.4 Å². The molecule has 1 atom stereocenters. The maximum atomic E-state index is 12.7. The van der Waals surface area contributed by atoms with Crippen molar-refractivity contribution in [2.24, 2.45) is 0 Å². The Kier molecular flexibility index (Phi) is 4.82. The lowest BCUT2D eigenvalue weighted by molar-refractivity contribution is 0.573. The summed E-state index contributed by atoms with van der Waals surface area (Å²) in [5, 5.41) is 0.728. The van der Waals surface area contributed by atoms with Gasteiger partial charge in [-0.15, -0.1) is 11.3 Å². The molecule has 2 aromatic rings. The number of benzene rings is 1. The van der Waals surface area contributed by atoms with Crippen molar-refractivity contribution in [1.82, 2.24) is 4.72 Å². The molecule has 1 heterocycles. The molecule has 0 aliphatic heterocycles. The van der Waals surface area contributed by atoms with Crippen LogP contribution < -0.4 is 4.72 Å². The lowest BCUT2D eigenvalue weighted by Crippen LogP contribution is -2.30. The van der Waals surface area contributed by atoms with Crippen LogP contribution in [0, 0.1) is 0 Å². The van der Waals surface area contributed by atoms with Gasteiger partial charge in [0, 0.05) is 6.54 Å². The van der Waals surface area contributed by atoms with Crippen molar-refractivity contribution in [1.29, 1.82) is 0 Å². The lowest BCUT2D eigenvalue weighted by Gasteiger charge is -2.17. The van der Waals surface area contributed by atoms with E-state index in [4.69, 9.17) is 0 Å². The van der Waals surface area contributed by atoms with Crippen LogP contribution in [0.5, 0.6) is 0 Å². The van der Waals surface area contributed by atoms with Crippen molar-refractivity contribution in [3.63, 3.8) is 0 Å². The summed E-state index contributed by atoms with van der Waals surface area (Å²) in [4.78, 5) is 0. The van der Waals surface area contributed by atoms with E-state index in [1.165, 1.54) is 6.07 Å². The van der Waals surface area contributed by atoms with E-state index in [2.05, 4.69) is 4.72 Å². The van der Waals surface area contributed by atoms with E-state index >= 15 is 0 Å². The van der Waals surface area contributed by atoms with Gasteiger partial charge < -0.3 is 0 Å². The van der Waals surface area contributed by atoms with Gasteiger partial charge in [0.1, 0.15) is 9.46 Å². The lowest BCUT2D eigenvalue weighted by atomic mass is 10.1. The standard InChI is InChI=1S/C13H15NO4S3/c1-20(15,16)14-10-12(11-6-3-2-4-7-11)21(17,18)13-8-5-9-19-13/h2-9,12,14H,10H2,1H3/t12-/m1/s1. The first-order chi connectivity index (χ1) is 9.81. The first kappa shape index (κ1) is 16.2. The number of nitrogens with one attached hydrogen (secondary N) is 1. The maximum Gasteiger partial charge on any atom is 0.208 e. The number of rotatable bonds is 6. The minimum atomic E-state index is -3.64. The minimum absolute atomic E-state index is 0.191. The normalized spacial score (nSPS) is 14.0. The summed E-state index contributed by atoms with van der Waals surface area (Å²) in [7, 11) is -7.11. The fourth-order valence-corrected chi connectivity index (χ4v) is 5.31. The van der Waals surface area contributed by atoms with Crippen molar-refractivity contribution in [2.45, 2.75) is 9.46 Å². The molecule has 0 unspecified atom stereocenters. The van der Waals surface area contributed by atoms with Gasteiger partial charge in [0.15, 0.2) is 9.84 Å². The van der Waals surface area contributed by atoms with E-state index in [9.17, 15) is 16.8 Å². The predicted molar refractivity (Wildman–Crippen MR) is 83.5 cm³/mol. The Labute approximate surface area is 128 Å². The van der Waals surface area contributed by atoms with Gasteiger partial charge in [-0.1, -0.05) is 36.4 Å². The molecule has 5 nitrogen and oxygen atoms in total. The first-order valence-corrected chi connectivity index (χ1v) is 10.4. The fraction of sp³-hybridized carbons (Fsp3) is 0.231. The molecule has 8 heteroatoms. The van der Waals surface area contributed by atoms with Gasteiger partial charge in [0.2, 0.25) is 10.0 Å². The van der Waals surface area contributed by atoms with E-state index in [-0.39, 0.29) is 10.8 Å². The highest BCUT2D eigenvalue weighted by Gasteiger charge is 2.30. The highest BCUT2D eigenvalue weighted by molar-refractivity contribution is 7.93. The zero-order chi connectivity index (χ0) is 15.5. The number of hydrogen-bond acceptors (Lipinski definition) is 5. The SMILES string of the molecule is CS(=O)(=O)NC[C@H](c1ccccc1)S(=O)(=O)c1cccs1. The summed E-state index contributed by atoms with van der Waals surface area (Å²) < 4.78 is 50.4. The zero-order valence-electron chi connectivity index (χ0n) is 11.3. The molecule has 114 valence electrons. The molecule has 0 bridgehead atoms. The number of sulfonamides is 1. The number of thiophene rings is 1. The van der Waals surface area contributed by atoms with Gasteiger partial charge in [-0.05, 0) is 17.0 Å². The Balaban J connectivity index is 2.42. The van der Waals surface area contributed by atoms with Gasteiger partial charge in [0.25, 0.3) is 0 Å². The van der Waals surface area contributed by atoms with Crippen LogP contribution in [-0.4, -0.2) is 29.6 Å². The molecule has 0 aliphatic carbocycles. The van der Waals surface area contributed by atoms with Crippen LogP contribution >= 0.6 is 11.3 Å². The number of hydrogen-bond donors (Lipinski definition) is 1. The Morgan fingerprint density at radius 1 is 1.05 bits per heavy atom. The van der Waals surface area contributed by atoms with E-state index in [0.717, 1.165) is 17.6 Å². The smallest absolute Gasteiger partial charge is 0.208 e. The summed E-state index contributed by atoms with van der Waals surface area (Å²) in [5.41, 5.74) is 0.557. The van der Waals surface area contributed by atoms with Crippen LogP contribution in [0.25, 0.3) is 0 Å². The molecular formula is C13H15NO4S3. The third-order valence-electron chi connectivity index (χ3n) is 2.85. The van der Waals surface area contributed by atoms with Crippen LogP contribution in [0.15, 0.2) is 52.1 Å². The van der Waals surface area contributed by atoms with Gasteiger partial charge in [-0.3, -0.25) is 0 Å². The quantitative estimate of drug-likeness (QED) is 0.866. The van der Waals surface area contributed by atoms with Gasteiger partial charge in [0.05, 0.1) is 6.26 Å². The molecule has 21 heavy (non-hydrogen) atoms. The molecule has 0 fully saturated rings. The van der Waals surface area contributed by atoms with Crippen LogP contribution in [0.1, 0.15) is 10.8 Å². The molecule has 1 N–H and O–H groups in total. The second kappa shape index (κ2) is 6.27. The van der Waals surface area contributed by atoms with Crippen molar-refractivity contribution in [3.8, 4) is 0 Å². The Bertz CT molecular complexity index is 781. The first-order valence-electron chi connectivity index (χ1n) is 6.08. The molecule has 0 saturated carbocycles. The monoisotopic (exact) mass is 345 g/mol. The summed E-state index contributed by atoms with van der Waals surface area (Å²) in [6.07, 6.45) is 1.01. The topological polar surface area (TPSA) is 80.3 Å². The van der Waals surface area contributed by atoms with Crippen molar-refractivity contribution >= 4 is 31.2 Å². The average Bonchev–Trinajstić information content (AvgIpc) is 2.93. The molecule has 0 spiro atoms. The largest absolute Gasteiger partial charge is 0.222 e. The van der Waals surface area contributed by atoms with Crippen LogP contribution in [-0.2, 0) is 19.9 Å². The third-order valence-corrected chi connectivity index (χ3v) is 7.08. The molecule has 0 saturated heterocycles. The molecule has 1 aromatic carbocycles. The van der Waals surface area contributed by atoms with Crippen molar-refractivity contribution < 1.29 is 16.8 Å². The molecule has 0 aliphatic rings. The Hall–Kier alpha value is -1.22. The molecule has 2 rings (SSSR count). The molecule has 0 radical (unpaired) electrons. The summed E-state index contributed by atoms with van der Waals surface area (Å²) in [6, 6.07) is 11.8. The van der Waals surface area contributed by atoms with Gasteiger partial charge in [-0.2, -0.15) is 0 Å². The van der Waals surface area contributed by atoms with Crippen LogP contribution in [0.3, 0.4) is 0 Å². The molecule has 0 amide bonds. The fourth-order valence-electron chi connectivity index (χ4n) is 1.87. The third kappa shape index (κ3) is 4.13. The second-order valence-electron chi connectivity index (χ2n) is 4.50. The van der Waals surface area contributed by atoms with Crippen LogP contribution in [0.2, 0.25) is 0 Å². The summed E-state index contributed by atoms with van der Waals surface area (Å²) in [5.74, 6) is 0. The highest BCUT2D eigenvalue weighted by atomic mass is 32.2. The second-order valence-corrected chi connectivity index (χ2v) is 9.64. The molecular weight excluding hydrogens is 330 g/mol. The Morgan fingerprint density at radius 2 is 1.71 bits per heavy atom.